The number of carbonyl (C=O) groups is 1. The smallest absolute Gasteiger partial charge is 0.249 e. The second kappa shape index (κ2) is 2.15. The van der Waals surface area contributed by atoms with Crippen molar-refractivity contribution >= 4 is 23.1 Å². The van der Waals surface area contributed by atoms with Gasteiger partial charge in [-0.2, -0.15) is 0 Å². The van der Waals surface area contributed by atoms with Gasteiger partial charge in [-0.1, -0.05) is 11.6 Å². The number of allylic oxidation sites excluding steroid dienone is 4. The Bertz CT molecular complexity index is 227. The molecule has 0 aliphatic heterocycles. The zero-order valence-electron chi connectivity index (χ0n) is 4.60. The molecule has 0 bridgehead atoms. The number of ketones is 1. The molecule has 9 heavy (non-hydrogen) atoms. The van der Waals surface area contributed by atoms with Gasteiger partial charge in [0.2, 0.25) is 11.5 Å². The molecule has 0 atom stereocenters. The van der Waals surface area contributed by atoms with Crippen molar-refractivity contribution in [3.63, 3.8) is 0 Å². The minimum atomic E-state index is -0.181. The normalized spacial score (nSPS) is 18.1. The number of rotatable bonds is 0. The molecule has 0 fully saturated rings. The lowest BCUT2D eigenvalue weighted by molar-refractivity contribution is -0.131. The summed E-state index contributed by atoms with van der Waals surface area (Å²) in [6, 6.07) is 0. The lowest BCUT2D eigenvalue weighted by Crippen LogP contribution is -2.43. The van der Waals surface area contributed by atoms with E-state index >= 15 is 0 Å². The van der Waals surface area contributed by atoms with E-state index in [0.29, 0.717) is 5.03 Å². The molecule has 0 heterocycles. The quantitative estimate of drug-likeness (QED) is 0.453. The highest BCUT2D eigenvalue weighted by atomic mass is 35.5. The second-order valence-electron chi connectivity index (χ2n) is 1.68. The van der Waals surface area contributed by atoms with Crippen molar-refractivity contribution in [3.05, 3.63) is 23.3 Å². The van der Waals surface area contributed by atoms with E-state index in [1.165, 1.54) is 18.2 Å². The monoisotopic (exact) mass is 142 g/mol. The number of hydrogen-bond donors (Lipinski definition) is 1. The Balaban J connectivity index is 2.95. The zero-order chi connectivity index (χ0) is 6.85. The summed E-state index contributed by atoms with van der Waals surface area (Å²) in [6.45, 7) is 0. The fraction of sp³-hybridized carbons (Fsp3) is 0. The molecule has 0 aromatic rings. The molecule has 0 unspecified atom stereocenters. The van der Waals surface area contributed by atoms with Crippen LogP contribution in [-0.4, -0.2) is 11.5 Å². The van der Waals surface area contributed by atoms with E-state index in [2.05, 4.69) is 0 Å². The van der Waals surface area contributed by atoms with Crippen molar-refractivity contribution in [2.75, 3.05) is 0 Å². The van der Waals surface area contributed by atoms with Crippen molar-refractivity contribution in [1.82, 2.24) is 0 Å². The van der Waals surface area contributed by atoms with E-state index in [0.717, 1.165) is 0 Å². The first-order chi connectivity index (χ1) is 4.20. The topological polar surface area (TPSA) is 42.7 Å². The van der Waals surface area contributed by atoms with Gasteiger partial charge in [0.1, 0.15) is 0 Å². The first-order valence-electron chi connectivity index (χ1n) is 2.42. The van der Waals surface area contributed by atoms with E-state index < -0.39 is 0 Å². The third kappa shape index (κ3) is 1.27. The summed E-state index contributed by atoms with van der Waals surface area (Å²) in [6.07, 6.45) is 4.29. The van der Waals surface area contributed by atoms with Gasteiger partial charge in [0.25, 0.3) is 0 Å². The second-order valence-corrected chi connectivity index (χ2v) is 2.12. The largest absolute Gasteiger partial charge is 0.283 e. The average molecular weight is 143 g/mol. The summed E-state index contributed by atoms with van der Waals surface area (Å²) in [5.41, 5.74) is 0.197. The number of halogens is 1. The van der Waals surface area contributed by atoms with Crippen molar-refractivity contribution in [1.29, 1.82) is 0 Å². The fourth-order valence-corrected chi connectivity index (χ4v) is 0.700. The van der Waals surface area contributed by atoms with Crippen molar-refractivity contribution < 1.29 is 10.2 Å². The lowest BCUT2D eigenvalue weighted by atomic mass is 10.1. The standard InChI is InChI=1S/C6H4ClNO/c7-4-1-2-6(9)5(8)3-4/h1-3,8H/p+1. The molecule has 0 spiro atoms. The van der Waals surface area contributed by atoms with Crippen LogP contribution in [0.5, 0.6) is 0 Å². The average Bonchev–Trinajstić information content (AvgIpc) is 1.80. The van der Waals surface area contributed by atoms with Crippen LogP contribution in [0.25, 0.3) is 0 Å². The zero-order valence-corrected chi connectivity index (χ0v) is 5.35. The molecule has 2 nitrogen and oxygen atoms in total. The number of hydrogen-bond acceptors (Lipinski definition) is 1. The summed E-state index contributed by atoms with van der Waals surface area (Å²) in [7, 11) is 0. The Morgan fingerprint density at radius 3 is 2.56 bits per heavy atom. The van der Waals surface area contributed by atoms with Gasteiger partial charge >= 0.3 is 0 Å². The van der Waals surface area contributed by atoms with Crippen LogP contribution in [-0.2, 0) is 4.79 Å². The molecule has 1 rings (SSSR count). The van der Waals surface area contributed by atoms with Gasteiger partial charge in [0, 0.05) is 11.1 Å². The molecule has 1 aliphatic carbocycles. The predicted octanol–water partition coefficient (Wildman–Crippen LogP) is -0.552. The Morgan fingerprint density at radius 2 is 2.11 bits per heavy atom. The lowest BCUT2D eigenvalue weighted by Gasteiger charge is -1.92. The molecular weight excluding hydrogens is 138 g/mol. The van der Waals surface area contributed by atoms with Gasteiger partial charge in [-0.25, -0.2) is 0 Å². The molecule has 0 radical (unpaired) electrons. The van der Waals surface area contributed by atoms with E-state index in [1.54, 1.807) is 0 Å². The first kappa shape index (κ1) is 6.23. The van der Waals surface area contributed by atoms with E-state index in [4.69, 9.17) is 17.0 Å². The summed E-state index contributed by atoms with van der Waals surface area (Å²) in [5, 5.41) is 5.72. The van der Waals surface area contributed by atoms with E-state index in [1.807, 2.05) is 0 Å². The third-order valence-corrected chi connectivity index (χ3v) is 1.21. The number of nitrogens with two attached hydrogens (primary N) is 1. The molecule has 0 amide bonds. The Kier molecular flexibility index (Phi) is 1.49. The molecule has 2 N–H and O–H groups in total. The predicted molar refractivity (Wildman–Crippen MR) is 35.0 cm³/mol. The highest BCUT2D eigenvalue weighted by Crippen LogP contribution is 2.06. The molecule has 1 aliphatic rings. The van der Waals surface area contributed by atoms with E-state index in [-0.39, 0.29) is 11.5 Å². The van der Waals surface area contributed by atoms with Gasteiger partial charge in [-0.3, -0.25) is 10.2 Å². The highest BCUT2D eigenvalue weighted by Gasteiger charge is 2.12. The molecule has 46 valence electrons. The maximum atomic E-state index is 10.6. The van der Waals surface area contributed by atoms with Crippen LogP contribution in [0.4, 0.5) is 0 Å². The minimum absolute atomic E-state index is 0.181. The third-order valence-electron chi connectivity index (χ3n) is 0.972. The van der Waals surface area contributed by atoms with Gasteiger partial charge in [0.15, 0.2) is 0 Å². The van der Waals surface area contributed by atoms with Gasteiger partial charge in [0.05, 0.1) is 0 Å². The highest BCUT2D eigenvalue weighted by molar-refractivity contribution is 6.49. The number of carbonyl (C=O) groups excluding carboxylic acids is 1. The molecule has 0 aromatic heterocycles. The van der Waals surface area contributed by atoms with Crippen molar-refractivity contribution in [2.24, 2.45) is 0 Å². The van der Waals surface area contributed by atoms with Gasteiger partial charge in [-0.05, 0) is 12.2 Å². The summed E-state index contributed by atoms with van der Waals surface area (Å²) < 4.78 is 0. The van der Waals surface area contributed by atoms with Crippen LogP contribution in [0.1, 0.15) is 0 Å². The maximum Gasteiger partial charge on any atom is 0.249 e. The summed E-state index contributed by atoms with van der Waals surface area (Å²) in [5.74, 6) is -0.181. The van der Waals surface area contributed by atoms with Crippen LogP contribution in [0.2, 0.25) is 0 Å². The Labute approximate surface area is 57.3 Å². The molecule has 0 aromatic carbocycles. The molecule has 0 saturated heterocycles. The Hall–Kier alpha value is -0.890. The van der Waals surface area contributed by atoms with Gasteiger partial charge < -0.3 is 0 Å². The van der Waals surface area contributed by atoms with Crippen LogP contribution in [0, 0.1) is 0 Å². The fourth-order valence-electron chi connectivity index (χ4n) is 0.519. The molecular formula is C6H5ClNO+. The SMILES string of the molecule is [NH2+]=C1C=C(Cl)C=CC1=O. The maximum absolute atomic E-state index is 10.6. The summed E-state index contributed by atoms with van der Waals surface area (Å²) >= 11 is 5.50. The van der Waals surface area contributed by atoms with Gasteiger partial charge in [-0.15, -0.1) is 0 Å². The van der Waals surface area contributed by atoms with Crippen LogP contribution >= 0.6 is 11.6 Å². The minimum Gasteiger partial charge on any atom is -0.283 e. The van der Waals surface area contributed by atoms with Crippen molar-refractivity contribution in [2.45, 2.75) is 0 Å². The summed E-state index contributed by atoms with van der Waals surface area (Å²) in [4.78, 5) is 10.6. The van der Waals surface area contributed by atoms with Crippen LogP contribution < -0.4 is 5.41 Å². The Morgan fingerprint density at radius 1 is 1.44 bits per heavy atom. The molecule has 0 saturated carbocycles. The van der Waals surface area contributed by atoms with Crippen molar-refractivity contribution in [3.8, 4) is 0 Å². The first-order valence-corrected chi connectivity index (χ1v) is 2.80. The molecule has 3 heteroatoms. The van der Waals surface area contributed by atoms with E-state index in [9.17, 15) is 4.79 Å². The van der Waals surface area contributed by atoms with Crippen LogP contribution in [0.3, 0.4) is 0 Å². The van der Waals surface area contributed by atoms with Crippen LogP contribution in [0.15, 0.2) is 23.3 Å².